The molecule has 1 aliphatic rings. The van der Waals surface area contributed by atoms with Crippen LogP contribution in [0, 0.1) is 41.5 Å². The lowest BCUT2D eigenvalue weighted by atomic mass is 9.92. The molecule has 0 spiro atoms. The molecule has 0 aliphatic carbocycles. The van der Waals surface area contributed by atoms with Gasteiger partial charge in [-0.05, 0) is 136 Å². The molecular formula is C50H44N4O2. The second-order valence-corrected chi connectivity index (χ2v) is 15.2. The summed E-state index contributed by atoms with van der Waals surface area (Å²) in [6.45, 7) is 12.9. The number of aryl methyl sites for hydroxylation is 6. The summed E-state index contributed by atoms with van der Waals surface area (Å²) in [7, 11) is 0. The number of phenolic OH excluding ortho intramolecular Hbond substituents is 2. The molecule has 0 radical (unpaired) electrons. The largest absolute Gasteiger partial charge is 0.507 e. The van der Waals surface area contributed by atoms with Crippen LogP contribution in [-0.2, 0) is 0 Å². The van der Waals surface area contributed by atoms with E-state index in [4.69, 9.17) is 0 Å². The predicted molar refractivity (Wildman–Crippen MR) is 226 cm³/mol. The molecule has 1 aliphatic heterocycles. The molecule has 0 atom stereocenters. The van der Waals surface area contributed by atoms with Crippen LogP contribution in [0.5, 0.6) is 11.5 Å². The van der Waals surface area contributed by atoms with Crippen molar-refractivity contribution in [3.63, 3.8) is 0 Å². The van der Waals surface area contributed by atoms with Gasteiger partial charge in [0.05, 0.1) is 0 Å². The van der Waals surface area contributed by atoms with Crippen molar-refractivity contribution >= 4 is 22.3 Å². The monoisotopic (exact) mass is 732 g/mol. The molecule has 4 aromatic heterocycles. The smallest absolute Gasteiger partial charge is 0.123 e. The van der Waals surface area contributed by atoms with Gasteiger partial charge in [0.1, 0.15) is 11.5 Å². The highest BCUT2D eigenvalue weighted by Gasteiger charge is 2.22. The van der Waals surface area contributed by atoms with Crippen molar-refractivity contribution in [3.05, 3.63) is 221 Å². The minimum absolute atomic E-state index is 0.198. The van der Waals surface area contributed by atoms with E-state index in [0.29, 0.717) is 0 Å². The van der Waals surface area contributed by atoms with Crippen LogP contribution in [0.15, 0.2) is 121 Å². The molecule has 6 nitrogen and oxygen atoms in total. The second-order valence-electron chi connectivity index (χ2n) is 15.2. The quantitative estimate of drug-likeness (QED) is 0.113. The third kappa shape index (κ3) is 5.82. The highest BCUT2D eigenvalue weighted by molar-refractivity contribution is 5.87. The number of nitrogens with one attached hydrogen (secondary N) is 4. The topological polar surface area (TPSA) is 104 Å². The number of rotatable bonds is 4. The van der Waals surface area contributed by atoms with Crippen LogP contribution >= 0.6 is 0 Å². The van der Waals surface area contributed by atoms with E-state index in [2.05, 4.69) is 134 Å². The third-order valence-corrected chi connectivity index (χ3v) is 11.1. The van der Waals surface area contributed by atoms with E-state index >= 15 is 0 Å². The fourth-order valence-electron chi connectivity index (χ4n) is 8.97. The molecule has 9 rings (SSSR count). The lowest BCUT2D eigenvalue weighted by molar-refractivity contribution is 0.473. The summed E-state index contributed by atoms with van der Waals surface area (Å²) in [6.07, 6.45) is 0. The molecule has 6 heteroatoms. The number of phenols is 2. The number of benzene rings is 4. The zero-order chi connectivity index (χ0) is 38.8. The number of aromatic hydroxyl groups is 2. The first-order valence-electron chi connectivity index (χ1n) is 19.1. The van der Waals surface area contributed by atoms with Gasteiger partial charge in [-0.15, -0.1) is 0 Å². The van der Waals surface area contributed by atoms with Crippen LogP contribution in [-0.4, -0.2) is 30.1 Å². The summed E-state index contributed by atoms with van der Waals surface area (Å²) in [4.78, 5) is 15.3. The number of para-hydroxylation sites is 2. The Morgan fingerprint density at radius 2 is 0.643 bits per heavy atom. The minimum Gasteiger partial charge on any atom is -0.507 e. The summed E-state index contributed by atoms with van der Waals surface area (Å²) < 4.78 is 0. The summed E-state index contributed by atoms with van der Waals surface area (Å²) in [5, 5.41) is 26.3. The van der Waals surface area contributed by atoms with Crippen molar-refractivity contribution in [2.45, 2.75) is 41.5 Å². The molecule has 6 N–H and O–H groups in total. The van der Waals surface area contributed by atoms with Gasteiger partial charge in [0.15, 0.2) is 0 Å². The molecule has 56 heavy (non-hydrogen) atoms. The molecule has 0 unspecified atom stereocenters. The normalized spacial score (nSPS) is 12.8. The van der Waals surface area contributed by atoms with Gasteiger partial charge < -0.3 is 30.1 Å². The number of hydrogen-bond donors (Lipinski definition) is 6. The van der Waals surface area contributed by atoms with Gasteiger partial charge in [-0.1, -0.05) is 71.8 Å². The van der Waals surface area contributed by atoms with Crippen molar-refractivity contribution < 1.29 is 10.2 Å². The van der Waals surface area contributed by atoms with Crippen LogP contribution in [0.1, 0.15) is 78.4 Å². The van der Waals surface area contributed by atoms with Crippen molar-refractivity contribution in [1.82, 2.24) is 19.9 Å². The van der Waals surface area contributed by atoms with Gasteiger partial charge in [0, 0.05) is 77.6 Å². The lowest BCUT2D eigenvalue weighted by Crippen LogP contribution is -2.20. The van der Waals surface area contributed by atoms with E-state index in [1.165, 1.54) is 33.4 Å². The number of hydrogen-bond acceptors (Lipinski definition) is 2. The Morgan fingerprint density at radius 1 is 0.339 bits per heavy atom. The maximum atomic E-state index is 11.4. The zero-order valence-electron chi connectivity index (χ0n) is 32.4. The van der Waals surface area contributed by atoms with E-state index < -0.39 is 0 Å². The van der Waals surface area contributed by atoms with Crippen LogP contribution in [0.3, 0.4) is 0 Å². The van der Waals surface area contributed by atoms with Crippen LogP contribution in [0.4, 0.5) is 0 Å². The SMILES string of the molecule is Cc1cc(C)c(C2=c3ccc([nH]3)=C(c3ccccc3O)c3ccc([nH]3)C(c3c(C)cc(C)cc3C)=c3ccc([nH]3)=C(c3ccccc3O)c3ccc2[nH]3)c(C)c1. The first-order valence-corrected chi connectivity index (χ1v) is 19.1. The van der Waals surface area contributed by atoms with Gasteiger partial charge >= 0.3 is 0 Å². The van der Waals surface area contributed by atoms with Crippen LogP contribution in [0.25, 0.3) is 22.3 Å². The molecule has 276 valence electrons. The fraction of sp³-hybridized carbons (Fsp3) is 0.120. The van der Waals surface area contributed by atoms with Gasteiger partial charge in [-0.2, -0.15) is 0 Å². The van der Waals surface area contributed by atoms with Crippen molar-refractivity contribution in [1.29, 1.82) is 0 Å². The summed E-state index contributed by atoms with van der Waals surface area (Å²) in [6, 6.07) is 40.9. The molecule has 4 aromatic carbocycles. The Bertz CT molecular complexity index is 2870. The molecule has 8 aromatic rings. The number of aromatic amines is 4. The van der Waals surface area contributed by atoms with E-state index in [1.54, 1.807) is 12.1 Å². The Hall–Kier alpha value is -6.92. The van der Waals surface area contributed by atoms with E-state index in [0.717, 1.165) is 88.7 Å². The van der Waals surface area contributed by atoms with Gasteiger partial charge in [-0.25, -0.2) is 0 Å². The molecule has 5 heterocycles. The number of fused-ring (bicyclic) bond motifs is 8. The average Bonchev–Trinajstić information content (AvgIpc) is 3.99. The minimum atomic E-state index is 0.198. The maximum Gasteiger partial charge on any atom is 0.123 e. The predicted octanol–water partition coefficient (Wildman–Crippen LogP) is 7.56. The molecule has 0 saturated heterocycles. The van der Waals surface area contributed by atoms with Crippen molar-refractivity contribution in [2.75, 3.05) is 0 Å². The molecule has 8 bridgehead atoms. The Morgan fingerprint density at radius 3 is 0.982 bits per heavy atom. The van der Waals surface area contributed by atoms with Crippen molar-refractivity contribution in [3.8, 4) is 11.5 Å². The van der Waals surface area contributed by atoms with E-state index in [9.17, 15) is 10.2 Å². The Labute approximate surface area is 325 Å². The summed E-state index contributed by atoms with van der Waals surface area (Å²) in [5.74, 6) is 0.395. The standard InChI is InChI=1S/C50H44N4O2/c1-27-23-29(3)45(30(4)24-27)49-39-19-15-35(51-39)47(33-11-7-9-13-43(33)55)37-17-21-41(53-37)50(46-31(5)25-28(2)26-32(46)6)42-22-18-38(54-42)48(36-16-20-40(49)52-36)34-12-8-10-14-44(34)56/h7-26,51-56H,1-6H3. The summed E-state index contributed by atoms with van der Waals surface area (Å²) in [5.41, 5.74) is 18.2. The van der Waals surface area contributed by atoms with E-state index in [-0.39, 0.29) is 11.5 Å². The lowest BCUT2D eigenvalue weighted by Gasteiger charge is -2.15. The average molecular weight is 733 g/mol. The number of aromatic nitrogens is 4. The first-order chi connectivity index (χ1) is 27.0. The molecule has 0 fully saturated rings. The summed E-state index contributed by atoms with van der Waals surface area (Å²) >= 11 is 0. The van der Waals surface area contributed by atoms with Crippen LogP contribution in [0.2, 0.25) is 0 Å². The first kappa shape index (κ1) is 34.8. The number of H-pyrrole nitrogens is 4. The van der Waals surface area contributed by atoms with Crippen molar-refractivity contribution in [2.24, 2.45) is 0 Å². The molecule has 0 saturated carbocycles. The van der Waals surface area contributed by atoms with Gasteiger partial charge in [-0.3, -0.25) is 0 Å². The molecule has 0 amide bonds. The highest BCUT2D eigenvalue weighted by atomic mass is 16.3. The van der Waals surface area contributed by atoms with Crippen LogP contribution < -0.4 is 21.4 Å². The van der Waals surface area contributed by atoms with Gasteiger partial charge in [0.25, 0.3) is 0 Å². The molecular weight excluding hydrogens is 689 g/mol. The maximum absolute atomic E-state index is 11.4. The van der Waals surface area contributed by atoms with E-state index in [1.807, 2.05) is 36.4 Å². The Kier molecular flexibility index (Phi) is 8.35. The van der Waals surface area contributed by atoms with Gasteiger partial charge in [0.2, 0.25) is 0 Å². The zero-order valence-corrected chi connectivity index (χ0v) is 32.4. The second kappa shape index (κ2) is 13.4. The third-order valence-electron chi connectivity index (χ3n) is 11.1. The highest BCUT2D eigenvalue weighted by Crippen LogP contribution is 2.34. The Balaban J connectivity index is 1.48. The fourth-order valence-corrected chi connectivity index (χ4v) is 8.97.